The number of rotatable bonds is 9. The maximum absolute atomic E-state index is 14.4. The van der Waals surface area contributed by atoms with Gasteiger partial charge in [-0.25, -0.2) is 4.39 Å². The van der Waals surface area contributed by atoms with Gasteiger partial charge < -0.3 is 13.9 Å². The van der Waals surface area contributed by atoms with Gasteiger partial charge in [-0.1, -0.05) is 78.9 Å². The fourth-order valence-corrected chi connectivity index (χ4v) is 4.35. The smallest absolute Gasteiger partial charge is 0.173 e. The highest BCUT2D eigenvalue weighted by atomic mass is 19.1. The predicted molar refractivity (Wildman–Crippen MR) is 132 cm³/mol. The van der Waals surface area contributed by atoms with Crippen molar-refractivity contribution in [2.45, 2.75) is 25.2 Å². The summed E-state index contributed by atoms with van der Waals surface area (Å²) in [5, 5.41) is 12.0. The van der Waals surface area contributed by atoms with Gasteiger partial charge in [0.2, 0.25) is 0 Å². The van der Waals surface area contributed by atoms with Crippen LogP contribution in [0.3, 0.4) is 0 Å². The SMILES string of the molecule is OC(c1ccccc1)(c1ccccc1)c1ccc(CN(Cc2ccco2)Cc2ccccc2F)o1. The zero-order chi connectivity index (χ0) is 24.1. The monoisotopic (exact) mass is 467 g/mol. The first-order valence-electron chi connectivity index (χ1n) is 11.5. The van der Waals surface area contributed by atoms with Crippen molar-refractivity contribution in [2.75, 3.05) is 0 Å². The Hall–Kier alpha value is -3.93. The van der Waals surface area contributed by atoms with E-state index in [0.29, 0.717) is 47.8 Å². The molecule has 0 amide bonds. The van der Waals surface area contributed by atoms with Gasteiger partial charge >= 0.3 is 0 Å². The quantitative estimate of drug-likeness (QED) is 0.269. The van der Waals surface area contributed by atoms with Crippen LogP contribution in [-0.2, 0) is 25.2 Å². The standard InChI is InChI=1S/C30H26FNO3/c31-28-16-8-7-10-23(28)20-32(21-26-15-9-19-34-26)22-27-17-18-29(35-27)30(33,24-11-3-1-4-12-24)25-13-5-2-6-14-25/h1-19,33H,20-22H2. The van der Waals surface area contributed by atoms with Crippen molar-refractivity contribution < 1.29 is 18.3 Å². The van der Waals surface area contributed by atoms with Crippen LogP contribution in [0.1, 0.15) is 34.0 Å². The van der Waals surface area contributed by atoms with Crippen LogP contribution in [0.5, 0.6) is 0 Å². The summed E-state index contributed by atoms with van der Waals surface area (Å²) in [4.78, 5) is 2.05. The van der Waals surface area contributed by atoms with E-state index < -0.39 is 5.60 Å². The van der Waals surface area contributed by atoms with Crippen LogP contribution in [0.2, 0.25) is 0 Å². The minimum atomic E-state index is -1.45. The molecule has 0 saturated carbocycles. The van der Waals surface area contributed by atoms with Gasteiger partial charge in [0.05, 0.1) is 19.4 Å². The Morgan fingerprint density at radius 3 is 1.91 bits per heavy atom. The first-order valence-corrected chi connectivity index (χ1v) is 11.5. The number of hydrogen-bond donors (Lipinski definition) is 1. The van der Waals surface area contributed by atoms with E-state index in [2.05, 4.69) is 0 Å². The second kappa shape index (κ2) is 10.1. The minimum absolute atomic E-state index is 0.250. The van der Waals surface area contributed by atoms with Crippen LogP contribution in [0, 0.1) is 5.82 Å². The van der Waals surface area contributed by atoms with E-state index in [9.17, 15) is 9.50 Å². The zero-order valence-electron chi connectivity index (χ0n) is 19.2. The Bertz CT molecular complexity index is 1310. The van der Waals surface area contributed by atoms with Crippen molar-refractivity contribution in [1.82, 2.24) is 4.90 Å². The second-order valence-electron chi connectivity index (χ2n) is 8.52. The summed E-state index contributed by atoms with van der Waals surface area (Å²) in [7, 11) is 0. The molecule has 1 N–H and O–H groups in total. The third kappa shape index (κ3) is 4.97. The maximum atomic E-state index is 14.4. The van der Waals surface area contributed by atoms with Gasteiger partial charge in [-0.2, -0.15) is 0 Å². The van der Waals surface area contributed by atoms with Crippen LogP contribution in [0.25, 0.3) is 0 Å². The van der Waals surface area contributed by atoms with Crippen LogP contribution in [-0.4, -0.2) is 10.0 Å². The molecule has 0 saturated heterocycles. The van der Waals surface area contributed by atoms with Crippen molar-refractivity contribution in [3.63, 3.8) is 0 Å². The molecule has 0 radical (unpaired) electrons. The first kappa shape index (κ1) is 22.8. The topological polar surface area (TPSA) is 49.8 Å². The molecule has 0 spiro atoms. The summed E-state index contributed by atoms with van der Waals surface area (Å²) in [5.41, 5.74) is 0.575. The van der Waals surface area contributed by atoms with Crippen molar-refractivity contribution in [2.24, 2.45) is 0 Å². The van der Waals surface area contributed by atoms with Crippen molar-refractivity contribution in [3.05, 3.63) is 155 Å². The summed E-state index contributed by atoms with van der Waals surface area (Å²) in [6.07, 6.45) is 1.63. The largest absolute Gasteiger partial charge is 0.468 e. The normalized spacial score (nSPS) is 11.7. The summed E-state index contributed by atoms with van der Waals surface area (Å²) >= 11 is 0. The molecule has 3 aromatic carbocycles. The van der Waals surface area contributed by atoms with E-state index in [4.69, 9.17) is 8.83 Å². The molecule has 0 atom stereocenters. The average Bonchev–Trinajstić information content (AvgIpc) is 3.59. The molecule has 2 heterocycles. The van der Waals surface area contributed by atoms with E-state index in [1.807, 2.05) is 95.9 Å². The Kier molecular flexibility index (Phi) is 6.62. The third-order valence-corrected chi connectivity index (χ3v) is 6.09. The number of halogens is 1. The number of hydrogen-bond acceptors (Lipinski definition) is 4. The van der Waals surface area contributed by atoms with Crippen molar-refractivity contribution >= 4 is 0 Å². The molecule has 2 aromatic heterocycles. The molecule has 176 valence electrons. The molecule has 0 unspecified atom stereocenters. The zero-order valence-corrected chi connectivity index (χ0v) is 19.2. The fraction of sp³-hybridized carbons (Fsp3) is 0.133. The van der Waals surface area contributed by atoms with E-state index in [-0.39, 0.29) is 5.82 Å². The van der Waals surface area contributed by atoms with Gasteiger partial charge in [0.1, 0.15) is 23.1 Å². The number of furan rings is 2. The van der Waals surface area contributed by atoms with E-state index in [1.165, 1.54) is 6.07 Å². The van der Waals surface area contributed by atoms with Gasteiger partial charge in [0, 0.05) is 12.1 Å². The lowest BCUT2D eigenvalue weighted by Gasteiger charge is -2.27. The highest BCUT2D eigenvalue weighted by molar-refractivity contribution is 5.43. The van der Waals surface area contributed by atoms with Gasteiger partial charge in [0.25, 0.3) is 0 Å². The van der Waals surface area contributed by atoms with Crippen molar-refractivity contribution in [1.29, 1.82) is 0 Å². The van der Waals surface area contributed by atoms with Gasteiger partial charge in [0.15, 0.2) is 5.60 Å². The summed E-state index contributed by atoms with van der Waals surface area (Å²) in [6, 6.07) is 33.1. The molecule has 0 aliphatic heterocycles. The van der Waals surface area contributed by atoms with Crippen LogP contribution < -0.4 is 0 Å². The molecule has 0 aliphatic rings. The van der Waals surface area contributed by atoms with E-state index in [0.717, 1.165) is 5.76 Å². The van der Waals surface area contributed by atoms with Crippen molar-refractivity contribution in [3.8, 4) is 0 Å². The minimum Gasteiger partial charge on any atom is -0.468 e. The molecular weight excluding hydrogens is 441 g/mol. The van der Waals surface area contributed by atoms with Gasteiger partial charge in [-0.3, -0.25) is 4.90 Å². The van der Waals surface area contributed by atoms with E-state index in [1.54, 1.807) is 18.4 Å². The lowest BCUT2D eigenvalue weighted by atomic mass is 9.84. The third-order valence-electron chi connectivity index (χ3n) is 6.09. The van der Waals surface area contributed by atoms with E-state index >= 15 is 0 Å². The molecular formula is C30H26FNO3. The molecule has 0 bridgehead atoms. The molecule has 5 heteroatoms. The fourth-order valence-electron chi connectivity index (χ4n) is 4.35. The predicted octanol–water partition coefficient (Wildman–Crippen LogP) is 6.50. The summed E-state index contributed by atoms with van der Waals surface area (Å²) in [6.45, 7) is 1.28. The van der Waals surface area contributed by atoms with Crippen LogP contribution in [0.15, 0.2) is 124 Å². The van der Waals surface area contributed by atoms with Gasteiger partial charge in [-0.15, -0.1) is 0 Å². The second-order valence-corrected chi connectivity index (χ2v) is 8.52. The van der Waals surface area contributed by atoms with Gasteiger partial charge in [-0.05, 0) is 41.5 Å². The Morgan fingerprint density at radius 2 is 1.29 bits per heavy atom. The summed E-state index contributed by atoms with van der Waals surface area (Å²) < 4.78 is 26.2. The van der Waals surface area contributed by atoms with Crippen LogP contribution >= 0.6 is 0 Å². The summed E-state index contributed by atoms with van der Waals surface area (Å²) in [5.74, 6) is 1.61. The Labute approximate surface area is 203 Å². The highest BCUT2D eigenvalue weighted by Crippen LogP contribution is 2.37. The lowest BCUT2D eigenvalue weighted by Crippen LogP contribution is -2.28. The molecule has 0 aliphatic carbocycles. The maximum Gasteiger partial charge on any atom is 0.173 e. The number of aliphatic hydroxyl groups is 1. The Morgan fingerprint density at radius 1 is 0.657 bits per heavy atom. The lowest BCUT2D eigenvalue weighted by molar-refractivity contribution is 0.0947. The molecule has 35 heavy (non-hydrogen) atoms. The molecule has 0 fully saturated rings. The average molecular weight is 468 g/mol. The Balaban J connectivity index is 1.46. The number of nitrogens with zero attached hydrogens (tertiary/aromatic N) is 1. The van der Waals surface area contributed by atoms with Crippen LogP contribution in [0.4, 0.5) is 4.39 Å². The number of benzene rings is 3. The molecule has 4 nitrogen and oxygen atoms in total. The first-order chi connectivity index (χ1) is 17.1. The molecule has 5 aromatic rings. The highest BCUT2D eigenvalue weighted by Gasteiger charge is 2.37. The molecule has 5 rings (SSSR count).